The van der Waals surface area contributed by atoms with E-state index in [4.69, 9.17) is 6.42 Å². The summed E-state index contributed by atoms with van der Waals surface area (Å²) in [4.78, 5) is 24.0. The molecular formula is C24H25N5O. The Hall–Kier alpha value is -3.56. The van der Waals surface area contributed by atoms with Crippen LogP contribution < -0.4 is 5.32 Å². The Morgan fingerprint density at radius 1 is 1.33 bits per heavy atom. The first-order valence-corrected chi connectivity index (χ1v) is 9.97. The lowest BCUT2D eigenvalue weighted by Gasteiger charge is -2.27. The topological polar surface area (TPSA) is 64.3 Å². The number of carbonyl (C=O) groups excluding carboxylic acids is 1. The third-order valence-electron chi connectivity index (χ3n) is 5.20. The first kappa shape index (κ1) is 19.7. The smallest absolute Gasteiger partial charge is 0.237 e. The van der Waals surface area contributed by atoms with Gasteiger partial charge in [0.1, 0.15) is 5.65 Å². The quantitative estimate of drug-likeness (QED) is 0.645. The van der Waals surface area contributed by atoms with Crippen LogP contribution in [0.25, 0.3) is 16.6 Å². The van der Waals surface area contributed by atoms with Gasteiger partial charge in [-0.05, 0) is 56.4 Å². The minimum Gasteiger partial charge on any atom is -0.355 e. The van der Waals surface area contributed by atoms with Crippen LogP contribution in [0.2, 0.25) is 0 Å². The third kappa shape index (κ3) is 4.22. The molecule has 0 atom stereocenters. The van der Waals surface area contributed by atoms with Gasteiger partial charge in [-0.1, -0.05) is 18.1 Å². The van der Waals surface area contributed by atoms with Crippen LogP contribution in [-0.4, -0.2) is 59.4 Å². The van der Waals surface area contributed by atoms with Crippen molar-refractivity contribution in [3.05, 3.63) is 59.9 Å². The predicted molar refractivity (Wildman–Crippen MR) is 121 cm³/mol. The van der Waals surface area contributed by atoms with Gasteiger partial charge < -0.3 is 20.1 Å². The van der Waals surface area contributed by atoms with E-state index in [0.29, 0.717) is 13.1 Å². The van der Waals surface area contributed by atoms with E-state index in [1.54, 1.807) is 6.20 Å². The molecule has 0 bridgehead atoms. The number of fused-ring (bicyclic) bond motifs is 1. The molecule has 1 aromatic carbocycles. The number of anilines is 2. The second-order valence-electron chi connectivity index (χ2n) is 7.71. The van der Waals surface area contributed by atoms with E-state index < -0.39 is 0 Å². The summed E-state index contributed by atoms with van der Waals surface area (Å²) in [6.45, 7) is 1.80. The van der Waals surface area contributed by atoms with Crippen LogP contribution in [0.5, 0.6) is 0 Å². The summed E-state index contributed by atoms with van der Waals surface area (Å²) < 4.78 is 0. The Balaban J connectivity index is 1.56. The first-order chi connectivity index (χ1) is 14.5. The molecule has 1 aliphatic heterocycles. The van der Waals surface area contributed by atoms with Crippen LogP contribution in [-0.2, 0) is 4.79 Å². The Morgan fingerprint density at radius 2 is 2.20 bits per heavy atom. The number of likely N-dealkylation sites (N-methyl/N-ethyl adjacent to an activating group) is 1. The number of nitrogens with zero attached hydrogens (tertiary/aromatic N) is 3. The van der Waals surface area contributed by atoms with Gasteiger partial charge in [0, 0.05) is 41.6 Å². The maximum absolute atomic E-state index is 12.3. The molecule has 0 spiro atoms. The predicted octanol–water partition coefficient (Wildman–Crippen LogP) is 3.47. The van der Waals surface area contributed by atoms with Gasteiger partial charge in [0.05, 0.1) is 12.2 Å². The number of aromatic amines is 1. The highest BCUT2D eigenvalue weighted by Crippen LogP contribution is 2.30. The molecule has 2 N–H and O–H groups in total. The summed E-state index contributed by atoms with van der Waals surface area (Å²) >= 11 is 0. The molecule has 6 heteroatoms. The monoisotopic (exact) mass is 399 g/mol. The molecule has 0 fully saturated rings. The number of nitrogens with one attached hydrogen (secondary N) is 2. The molecule has 6 nitrogen and oxygen atoms in total. The minimum absolute atomic E-state index is 0.161. The fraction of sp³-hybridized carbons (Fsp3) is 0.250. The zero-order valence-corrected chi connectivity index (χ0v) is 17.3. The zero-order chi connectivity index (χ0) is 21.1. The average Bonchev–Trinajstić information content (AvgIpc) is 3.19. The second kappa shape index (κ2) is 8.44. The SMILES string of the molecule is C#Cc1cccc(Nc2ccnc3[nH]c(C4=CCN(C(=O)CN(C)C)CC4)cc23)c1. The van der Waals surface area contributed by atoms with Crippen molar-refractivity contribution in [3.8, 4) is 12.3 Å². The highest BCUT2D eigenvalue weighted by Gasteiger charge is 2.19. The number of benzene rings is 1. The highest BCUT2D eigenvalue weighted by molar-refractivity contribution is 5.94. The third-order valence-corrected chi connectivity index (χ3v) is 5.20. The number of hydrogen-bond donors (Lipinski definition) is 2. The van der Waals surface area contributed by atoms with E-state index in [-0.39, 0.29) is 5.91 Å². The summed E-state index contributed by atoms with van der Waals surface area (Å²) in [5, 5.41) is 4.46. The first-order valence-electron chi connectivity index (χ1n) is 9.97. The minimum atomic E-state index is 0.161. The summed E-state index contributed by atoms with van der Waals surface area (Å²) in [5.41, 5.74) is 5.82. The molecule has 30 heavy (non-hydrogen) atoms. The van der Waals surface area contributed by atoms with Crippen molar-refractivity contribution in [1.29, 1.82) is 0 Å². The number of H-pyrrole nitrogens is 1. The molecule has 1 aliphatic rings. The Bertz CT molecular complexity index is 1150. The Morgan fingerprint density at radius 3 is 2.93 bits per heavy atom. The van der Waals surface area contributed by atoms with E-state index >= 15 is 0 Å². The van der Waals surface area contributed by atoms with Crippen molar-refractivity contribution < 1.29 is 4.79 Å². The van der Waals surface area contributed by atoms with Crippen LogP contribution in [0.4, 0.5) is 11.4 Å². The van der Waals surface area contributed by atoms with Crippen LogP contribution in [0.3, 0.4) is 0 Å². The van der Waals surface area contributed by atoms with Crippen LogP contribution >= 0.6 is 0 Å². The zero-order valence-electron chi connectivity index (χ0n) is 17.3. The molecule has 3 heterocycles. The van der Waals surface area contributed by atoms with Crippen molar-refractivity contribution in [2.75, 3.05) is 39.0 Å². The van der Waals surface area contributed by atoms with Crippen molar-refractivity contribution in [1.82, 2.24) is 19.8 Å². The van der Waals surface area contributed by atoms with Gasteiger partial charge >= 0.3 is 0 Å². The van der Waals surface area contributed by atoms with E-state index in [1.807, 2.05) is 54.2 Å². The van der Waals surface area contributed by atoms with E-state index in [9.17, 15) is 4.79 Å². The lowest BCUT2D eigenvalue weighted by Crippen LogP contribution is -2.40. The average molecular weight is 399 g/mol. The van der Waals surface area contributed by atoms with Crippen LogP contribution in [0, 0.1) is 12.3 Å². The lowest BCUT2D eigenvalue weighted by molar-refractivity contribution is -0.131. The second-order valence-corrected chi connectivity index (χ2v) is 7.71. The molecule has 0 saturated carbocycles. The van der Waals surface area contributed by atoms with Gasteiger partial charge in [-0.3, -0.25) is 4.79 Å². The van der Waals surface area contributed by atoms with Gasteiger partial charge in [0.15, 0.2) is 0 Å². The maximum atomic E-state index is 12.3. The number of rotatable bonds is 5. The Labute approximate surface area is 176 Å². The molecule has 152 valence electrons. The summed E-state index contributed by atoms with van der Waals surface area (Å²) in [7, 11) is 3.82. The molecule has 2 aromatic heterocycles. The summed E-state index contributed by atoms with van der Waals surface area (Å²) in [5.74, 6) is 2.82. The normalized spacial score (nSPS) is 13.9. The highest BCUT2D eigenvalue weighted by atomic mass is 16.2. The fourth-order valence-corrected chi connectivity index (χ4v) is 3.66. The standard InChI is InChI=1S/C24H25N5O/c1-4-17-6-5-7-19(14-17)26-21-8-11-25-24-20(21)15-22(27-24)18-9-12-29(13-10-18)23(30)16-28(2)3/h1,5-9,11,14-15H,10,12-13,16H2,2-3H3,(H2,25,26,27). The fourth-order valence-electron chi connectivity index (χ4n) is 3.66. The molecule has 4 rings (SSSR count). The van der Waals surface area contributed by atoms with E-state index in [0.717, 1.165) is 46.6 Å². The number of aromatic nitrogens is 2. The number of pyridine rings is 1. The van der Waals surface area contributed by atoms with Gasteiger partial charge in [0.25, 0.3) is 0 Å². The Kier molecular flexibility index (Phi) is 5.55. The van der Waals surface area contributed by atoms with Crippen molar-refractivity contribution in [2.45, 2.75) is 6.42 Å². The van der Waals surface area contributed by atoms with Gasteiger partial charge in [-0.15, -0.1) is 6.42 Å². The number of carbonyl (C=O) groups is 1. The summed E-state index contributed by atoms with van der Waals surface area (Å²) in [6, 6.07) is 11.9. The van der Waals surface area contributed by atoms with Gasteiger partial charge in [-0.25, -0.2) is 4.98 Å². The number of hydrogen-bond acceptors (Lipinski definition) is 4. The molecule has 0 radical (unpaired) electrons. The van der Waals surface area contributed by atoms with Crippen molar-refractivity contribution in [2.24, 2.45) is 0 Å². The van der Waals surface area contributed by atoms with E-state index in [1.165, 1.54) is 5.57 Å². The number of terminal acetylenes is 1. The molecule has 3 aromatic rings. The number of amides is 1. The van der Waals surface area contributed by atoms with Crippen LogP contribution in [0.15, 0.2) is 48.7 Å². The maximum Gasteiger partial charge on any atom is 0.237 e. The molecule has 0 aliphatic carbocycles. The molecule has 1 amide bonds. The lowest BCUT2D eigenvalue weighted by atomic mass is 10.0. The van der Waals surface area contributed by atoms with E-state index in [2.05, 4.69) is 33.3 Å². The largest absolute Gasteiger partial charge is 0.355 e. The molecule has 0 unspecified atom stereocenters. The summed E-state index contributed by atoms with van der Waals surface area (Å²) in [6.07, 6.45) is 10.2. The van der Waals surface area contributed by atoms with Crippen LogP contribution in [0.1, 0.15) is 17.7 Å². The molecular weight excluding hydrogens is 374 g/mol. The van der Waals surface area contributed by atoms with Gasteiger partial charge in [0.2, 0.25) is 5.91 Å². The van der Waals surface area contributed by atoms with Gasteiger partial charge in [-0.2, -0.15) is 0 Å². The van der Waals surface area contributed by atoms with Crippen molar-refractivity contribution in [3.63, 3.8) is 0 Å². The molecule has 0 saturated heterocycles. The van der Waals surface area contributed by atoms with Crippen molar-refractivity contribution >= 4 is 33.9 Å².